The molecule has 0 radical (unpaired) electrons. The summed E-state index contributed by atoms with van der Waals surface area (Å²) in [5.74, 6) is -6.68. The smallest absolute Gasteiger partial charge is 0.326 e. The van der Waals surface area contributed by atoms with Gasteiger partial charge in [-0.2, -0.15) is 0 Å². The summed E-state index contributed by atoms with van der Waals surface area (Å²) in [4.78, 5) is 76.8. The molecule has 1 unspecified atom stereocenters. The highest BCUT2D eigenvalue weighted by Crippen LogP contribution is 2.26. The molecule has 0 aromatic heterocycles. The van der Waals surface area contributed by atoms with Crippen molar-refractivity contribution in [3.63, 3.8) is 0 Å². The normalized spacial score (nSPS) is 15.2. The monoisotopic (exact) mass is 762 g/mol. The lowest BCUT2D eigenvalue weighted by molar-refractivity contribution is -0.143. The highest BCUT2D eigenvalue weighted by Gasteiger charge is 2.34. The second-order valence-electron chi connectivity index (χ2n) is 14.7. The zero-order valence-electron chi connectivity index (χ0n) is 31.9. The second kappa shape index (κ2) is 20.9. The number of carboxylic acids is 2. The number of hydrogen-bond acceptors (Lipinski definition) is 8. The summed E-state index contributed by atoms with van der Waals surface area (Å²) in [6.07, 6.45) is -3.38. The second-order valence-corrected chi connectivity index (χ2v) is 14.7. The summed E-state index contributed by atoms with van der Waals surface area (Å²) in [6.45, 7) is 8.73. The molecular weight excluding hydrogens is 708 g/mol. The van der Waals surface area contributed by atoms with Gasteiger partial charge >= 0.3 is 11.9 Å². The molecule has 8 N–H and O–H groups in total. The molecule has 0 fully saturated rings. The van der Waals surface area contributed by atoms with Crippen LogP contribution in [0.5, 0.6) is 0 Å². The molecule has 3 aromatic rings. The van der Waals surface area contributed by atoms with E-state index in [0.717, 1.165) is 5.39 Å². The third-order valence-electron chi connectivity index (χ3n) is 9.45. The fourth-order valence-corrected chi connectivity index (χ4v) is 6.36. The molecule has 0 saturated carbocycles. The minimum Gasteiger partial charge on any atom is -0.481 e. The molecule has 55 heavy (non-hydrogen) atoms. The highest BCUT2D eigenvalue weighted by atomic mass is 16.4. The predicted molar refractivity (Wildman–Crippen MR) is 205 cm³/mol. The summed E-state index contributed by atoms with van der Waals surface area (Å²) in [5.41, 5.74) is 1.05. The Morgan fingerprint density at radius 1 is 0.636 bits per heavy atom. The summed E-state index contributed by atoms with van der Waals surface area (Å²) in [5, 5.41) is 53.3. The third kappa shape index (κ3) is 13.5. The van der Waals surface area contributed by atoms with Crippen LogP contribution in [0.1, 0.15) is 77.5 Å². The molecular formula is C41H54N4O10. The lowest BCUT2D eigenvalue weighted by Crippen LogP contribution is -2.56. The van der Waals surface area contributed by atoms with Gasteiger partial charge in [0.1, 0.15) is 18.1 Å². The van der Waals surface area contributed by atoms with Crippen LogP contribution in [0.3, 0.4) is 0 Å². The Bertz CT molecular complexity index is 1780. The van der Waals surface area contributed by atoms with Crippen LogP contribution in [0.15, 0.2) is 72.8 Å². The Labute approximate surface area is 321 Å². The van der Waals surface area contributed by atoms with Gasteiger partial charge in [0.25, 0.3) is 5.91 Å². The van der Waals surface area contributed by atoms with Crippen LogP contribution in [0.25, 0.3) is 10.8 Å². The van der Waals surface area contributed by atoms with Crippen molar-refractivity contribution in [2.45, 2.75) is 103 Å². The molecule has 14 nitrogen and oxygen atoms in total. The van der Waals surface area contributed by atoms with E-state index in [4.69, 9.17) is 0 Å². The van der Waals surface area contributed by atoms with Crippen molar-refractivity contribution in [2.75, 3.05) is 0 Å². The highest BCUT2D eigenvalue weighted by molar-refractivity contribution is 5.94. The van der Waals surface area contributed by atoms with Crippen molar-refractivity contribution >= 4 is 46.3 Å². The van der Waals surface area contributed by atoms with Gasteiger partial charge in [0, 0.05) is 18.8 Å². The van der Waals surface area contributed by atoms with E-state index in [0.29, 0.717) is 22.9 Å². The van der Waals surface area contributed by atoms with Crippen molar-refractivity contribution in [1.29, 1.82) is 0 Å². The van der Waals surface area contributed by atoms with E-state index < -0.39 is 84.3 Å². The fourth-order valence-electron chi connectivity index (χ4n) is 6.36. The number of hydrogen-bond donors (Lipinski definition) is 8. The van der Waals surface area contributed by atoms with Gasteiger partial charge in [-0.1, -0.05) is 100 Å². The number of rotatable bonds is 21. The number of fused-ring (bicyclic) bond motifs is 1. The lowest BCUT2D eigenvalue weighted by atomic mass is 9.85. The SMILES string of the molecule is CC(C)C[C@H](NC(=O)C(O)c1cccc2ccccc12)[C@@H](O)C[C@H](C(=O)N[C@@H](C)C(=O)N[C@@H](CCC(=O)O)C(=O)N[C@@H](Cc1ccccc1)C(=O)O)C(C)C. The van der Waals surface area contributed by atoms with Crippen LogP contribution in [-0.2, 0) is 35.2 Å². The molecule has 3 rings (SSSR count). The van der Waals surface area contributed by atoms with Crippen molar-refractivity contribution < 1.29 is 49.2 Å². The predicted octanol–water partition coefficient (Wildman–Crippen LogP) is 3.09. The number of amides is 4. The largest absolute Gasteiger partial charge is 0.481 e. The van der Waals surface area contributed by atoms with E-state index >= 15 is 0 Å². The maximum atomic E-state index is 13.6. The molecule has 3 aromatic carbocycles. The zero-order chi connectivity index (χ0) is 40.8. The number of carbonyl (C=O) groups is 6. The Morgan fingerprint density at radius 2 is 1.25 bits per heavy atom. The summed E-state index contributed by atoms with van der Waals surface area (Å²) < 4.78 is 0. The van der Waals surface area contributed by atoms with Gasteiger partial charge in [-0.25, -0.2) is 4.79 Å². The Morgan fingerprint density at radius 3 is 1.87 bits per heavy atom. The summed E-state index contributed by atoms with van der Waals surface area (Å²) >= 11 is 0. The van der Waals surface area contributed by atoms with Crippen LogP contribution in [0.4, 0.5) is 0 Å². The molecule has 4 amide bonds. The van der Waals surface area contributed by atoms with E-state index in [1.54, 1.807) is 56.3 Å². The molecule has 0 aliphatic rings. The Hall–Kier alpha value is -5.34. The maximum Gasteiger partial charge on any atom is 0.326 e. The third-order valence-corrected chi connectivity index (χ3v) is 9.45. The number of nitrogens with one attached hydrogen (secondary N) is 4. The summed E-state index contributed by atoms with van der Waals surface area (Å²) in [6, 6.07) is 16.4. The van der Waals surface area contributed by atoms with Crippen LogP contribution < -0.4 is 21.3 Å². The number of aliphatic hydroxyl groups excluding tert-OH is 2. The van der Waals surface area contributed by atoms with Crippen LogP contribution in [0, 0.1) is 17.8 Å². The number of benzene rings is 3. The van der Waals surface area contributed by atoms with Gasteiger partial charge in [0.2, 0.25) is 17.7 Å². The Kier molecular flexibility index (Phi) is 16.8. The minimum atomic E-state index is -1.52. The van der Waals surface area contributed by atoms with Crippen molar-refractivity contribution in [3.05, 3.63) is 83.9 Å². The van der Waals surface area contributed by atoms with Gasteiger partial charge in [-0.3, -0.25) is 24.0 Å². The molecule has 0 saturated heterocycles. The molecule has 0 spiro atoms. The molecule has 0 bridgehead atoms. The van der Waals surface area contributed by atoms with Crippen LogP contribution in [-0.4, -0.2) is 86.3 Å². The van der Waals surface area contributed by atoms with Gasteiger partial charge in [-0.05, 0) is 59.9 Å². The maximum absolute atomic E-state index is 13.6. The topological polar surface area (TPSA) is 231 Å². The number of carboxylic acid groups (broad SMARTS) is 2. The first kappa shape index (κ1) is 44.1. The minimum absolute atomic E-state index is 0.0279. The van der Waals surface area contributed by atoms with E-state index in [1.807, 2.05) is 44.2 Å². The zero-order valence-corrected chi connectivity index (χ0v) is 31.9. The fraction of sp³-hybridized carbons (Fsp3) is 0.463. The van der Waals surface area contributed by atoms with E-state index in [9.17, 15) is 49.2 Å². The molecule has 0 aliphatic carbocycles. The Balaban J connectivity index is 1.69. The number of aliphatic carboxylic acids is 2. The van der Waals surface area contributed by atoms with Crippen molar-refractivity contribution in [3.8, 4) is 0 Å². The van der Waals surface area contributed by atoms with Crippen molar-refractivity contribution in [1.82, 2.24) is 21.3 Å². The van der Waals surface area contributed by atoms with Gasteiger partial charge in [-0.15, -0.1) is 0 Å². The quantitative estimate of drug-likeness (QED) is 0.0791. The molecule has 14 heteroatoms. The molecule has 0 heterocycles. The molecule has 0 aliphatic heterocycles. The van der Waals surface area contributed by atoms with Gasteiger partial charge < -0.3 is 41.7 Å². The van der Waals surface area contributed by atoms with E-state index in [-0.39, 0.29) is 31.1 Å². The first-order valence-corrected chi connectivity index (χ1v) is 18.5. The first-order chi connectivity index (χ1) is 26.0. The van der Waals surface area contributed by atoms with Crippen LogP contribution >= 0.6 is 0 Å². The van der Waals surface area contributed by atoms with Gasteiger partial charge in [0.05, 0.1) is 12.1 Å². The summed E-state index contributed by atoms with van der Waals surface area (Å²) in [7, 11) is 0. The standard InChI is InChI=1S/C41H54N4O10/c1-23(2)20-32(44-40(53)36(49)29-17-11-15-27-14-9-10-16-28(27)29)34(46)22-30(24(3)4)38(51)42-25(5)37(50)43-31(18-19-35(47)48)39(52)45-33(41(54)55)21-26-12-7-6-8-13-26/h6-17,23-25,30-34,36,46,49H,18-22H2,1-5H3,(H,42,51)(H,43,50)(H,44,53)(H,45,52)(H,47,48)(H,54,55)/t25-,30-,31-,32-,33-,34-,36?/m0/s1. The number of aliphatic hydroxyl groups is 2. The average molecular weight is 763 g/mol. The molecule has 7 atom stereocenters. The molecule has 298 valence electrons. The van der Waals surface area contributed by atoms with E-state index in [1.165, 1.54) is 6.92 Å². The van der Waals surface area contributed by atoms with Gasteiger partial charge in [0.15, 0.2) is 6.10 Å². The first-order valence-electron chi connectivity index (χ1n) is 18.5. The van der Waals surface area contributed by atoms with E-state index in [2.05, 4.69) is 21.3 Å². The van der Waals surface area contributed by atoms with Crippen LogP contribution in [0.2, 0.25) is 0 Å². The van der Waals surface area contributed by atoms with Crippen molar-refractivity contribution in [2.24, 2.45) is 17.8 Å². The number of carbonyl (C=O) groups excluding carboxylic acids is 4. The lowest BCUT2D eigenvalue weighted by Gasteiger charge is -2.31. The average Bonchev–Trinajstić information content (AvgIpc) is 3.13.